The molecule has 0 bridgehead atoms. The largest absolute Gasteiger partial charge is 0.456 e. The summed E-state index contributed by atoms with van der Waals surface area (Å²) in [7, 11) is 0. The number of esters is 3. The number of carbonyl (C=O) groups is 3. The molecular formula is C20H24O11. The second-order valence-electron chi connectivity index (χ2n) is 10.8. The predicted molar refractivity (Wildman–Crippen MR) is 93.4 cm³/mol. The topological polar surface area (TPSA) is 169 Å². The summed E-state index contributed by atoms with van der Waals surface area (Å²) in [5.74, 6) is -5.22. The zero-order valence-electron chi connectivity index (χ0n) is 17.3. The molecule has 6 rings (SSSR count). The van der Waals surface area contributed by atoms with E-state index in [1.54, 1.807) is 20.8 Å². The van der Waals surface area contributed by atoms with Gasteiger partial charge in [-0.05, 0) is 12.3 Å². The Morgan fingerprint density at radius 2 is 1.58 bits per heavy atom. The number of ether oxygens (including phenoxy) is 4. The average molecular weight is 440 g/mol. The molecule has 0 aromatic heterocycles. The van der Waals surface area contributed by atoms with Gasteiger partial charge in [0, 0.05) is 5.92 Å². The zero-order chi connectivity index (χ0) is 22.7. The highest BCUT2D eigenvalue weighted by Crippen LogP contribution is 2.84. The lowest BCUT2D eigenvalue weighted by atomic mass is 9.51. The van der Waals surface area contributed by atoms with Crippen LogP contribution in [-0.2, 0) is 33.3 Å². The molecule has 4 saturated heterocycles. The summed E-state index contributed by atoms with van der Waals surface area (Å²) >= 11 is 0. The van der Waals surface area contributed by atoms with Gasteiger partial charge in [-0.2, -0.15) is 0 Å². The Balaban J connectivity index is 1.75. The van der Waals surface area contributed by atoms with Gasteiger partial charge in [-0.15, -0.1) is 0 Å². The van der Waals surface area contributed by atoms with E-state index in [1.165, 1.54) is 6.92 Å². The highest BCUT2D eigenvalue weighted by Gasteiger charge is 3.05. The summed E-state index contributed by atoms with van der Waals surface area (Å²) in [5, 5.41) is 46.1. The lowest BCUT2D eigenvalue weighted by Crippen LogP contribution is -2.67. The first-order valence-electron chi connectivity index (χ1n) is 10.3. The molecule has 170 valence electrons. The monoisotopic (exact) mass is 440 g/mol. The number of fused-ring (bicyclic) bond motifs is 1. The van der Waals surface area contributed by atoms with Crippen molar-refractivity contribution in [3.05, 3.63) is 0 Å². The Hall–Kier alpha value is -1.79. The molecule has 2 aliphatic carbocycles. The van der Waals surface area contributed by atoms with Gasteiger partial charge in [0.05, 0.1) is 22.9 Å². The standard InChI is InChI=1S/C20H24O11/c1-5-12(24)28-11-8(22)18-10-6(21)7(16(2,3)4)17(18)9(23)13(25)30-15(17)31-20(18,14(26)29-10)19(5,11)27/h5-11,15,21-23,27H,1-4H3/t5-,6-,7+,8+,9+,10-,11+,15+,17+,18+,19-,20-/m1/s1. The second kappa shape index (κ2) is 4.91. The Morgan fingerprint density at radius 3 is 2.19 bits per heavy atom. The summed E-state index contributed by atoms with van der Waals surface area (Å²) in [6.45, 7) is 6.63. The average Bonchev–Trinajstić information content (AvgIpc) is 3.35. The first-order chi connectivity index (χ1) is 14.3. The van der Waals surface area contributed by atoms with Crippen molar-refractivity contribution in [2.45, 2.75) is 75.7 Å². The lowest BCUT2D eigenvalue weighted by Gasteiger charge is -2.47. The van der Waals surface area contributed by atoms with Crippen LogP contribution < -0.4 is 0 Å². The normalized spacial score (nSPS) is 61.0. The first kappa shape index (κ1) is 19.9. The number of aliphatic hydroxyl groups excluding tert-OH is 3. The minimum atomic E-state index is -2.40. The number of aliphatic hydroxyl groups is 4. The van der Waals surface area contributed by atoms with Crippen molar-refractivity contribution < 1.29 is 53.8 Å². The van der Waals surface area contributed by atoms with E-state index in [4.69, 9.17) is 18.9 Å². The molecule has 0 amide bonds. The van der Waals surface area contributed by atoms with Gasteiger partial charge in [-0.3, -0.25) is 4.79 Å². The third-order valence-electron chi connectivity index (χ3n) is 8.95. The Morgan fingerprint density at radius 1 is 0.935 bits per heavy atom. The predicted octanol–water partition coefficient (Wildman–Crippen LogP) is -2.40. The van der Waals surface area contributed by atoms with Crippen LogP contribution in [0.3, 0.4) is 0 Å². The lowest BCUT2D eigenvalue weighted by molar-refractivity contribution is -0.240. The number of hydrogen-bond donors (Lipinski definition) is 4. The minimum Gasteiger partial charge on any atom is -0.456 e. The van der Waals surface area contributed by atoms with Gasteiger partial charge in [0.25, 0.3) is 0 Å². The summed E-state index contributed by atoms with van der Waals surface area (Å²) < 4.78 is 22.2. The van der Waals surface area contributed by atoms with E-state index >= 15 is 0 Å². The quantitative estimate of drug-likeness (QED) is 0.234. The Labute approximate surface area is 176 Å². The third-order valence-corrected chi connectivity index (χ3v) is 8.95. The van der Waals surface area contributed by atoms with Gasteiger partial charge < -0.3 is 39.4 Å². The van der Waals surface area contributed by atoms with E-state index in [1.807, 2.05) is 0 Å². The summed E-state index contributed by atoms with van der Waals surface area (Å²) in [4.78, 5) is 38.3. The van der Waals surface area contributed by atoms with Gasteiger partial charge in [0.15, 0.2) is 17.8 Å². The molecule has 31 heavy (non-hydrogen) atoms. The number of hydrogen-bond acceptors (Lipinski definition) is 11. The van der Waals surface area contributed by atoms with Crippen molar-refractivity contribution in [2.24, 2.45) is 28.1 Å². The molecule has 2 saturated carbocycles. The van der Waals surface area contributed by atoms with Crippen molar-refractivity contribution in [1.82, 2.24) is 0 Å². The summed E-state index contributed by atoms with van der Waals surface area (Å²) in [5.41, 5.74) is -9.40. The maximum absolute atomic E-state index is 13.4. The van der Waals surface area contributed by atoms with E-state index in [0.717, 1.165) is 0 Å². The van der Waals surface area contributed by atoms with Crippen LogP contribution in [0.5, 0.6) is 0 Å². The minimum absolute atomic E-state index is 0.792. The smallest absolute Gasteiger partial charge is 0.343 e. The zero-order valence-corrected chi connectivity index (χ0v) is 17.3. The molecule has 11 nitrogen and oxygen atoms in total. The molecule has 12 atom stereocenters. The molecule has 4 N–H and O–H groups in total. The van der Waals surface area contributed by atoms with E-state index in [-0.39, 0.29) is 0 Å². The molecule has 2 spiro atoms. The van der Waals surface area contributed by atoms with E-state index in [9.17, 15) is 34.8 Å². The van der Waals surface area contributed by atoms with Crippen LogP contribution in [0.2, 0.25) is 0 Å². The van der Waals surface area contributed by atoms with Crippen LogP contribution in [0, 0.1) is 28.1 Å². The maximum atomic E-state index is 13.4. The van der Waals surface area contributed by atoms with Crippen molar-refractivity contribution in [1.29, 1.82) is 0 Å². The molecule has 4 aliphatic heterocycles. The van der Waals surface area contributed by atoms with Crippen LogP contribution >= 0.6 is 0 Å². The van der Waals surface area contributed by atoms with E-state index in [2.05, 4.69) is 0 Å². The van der Waals surface area contributed by atoms with Gasteiger partial charge in [0.1, 0.15) is 12.2 Å². The Kier molecular flexibility index (Phi) is 3.15. The van der Waals surface area contributed by atoms with Crippen molar-refractivity contribution in [3.8, 4) is 0 Å². The molecule has 11 heteroatoms. The van der Waals surface area contributed by atoms with Crippen molar-refractivity contribution >= 4 is 17.9 Å². The molecule has 6 aliphatic rings. The maximum Gasteiger partial charge on any atom is 0.343 e. The summed E-state index contributed by atoms with van der Waals surface area (Å²) in [6, 6.07) is 0. The number of carbonyl (C=O) groups excluding carboxylic acids is 3. The molecule has 4 heterocycles. The second-order valence-corrected chi connectivity index (χ2v) is 10.8. The van der Waals surface area contributed by atoms with Crippen molar-refractivity contribution in [2.75, 3.05) is 0 Å². The number of rotatable bonds is 0. The highest BCUT2D eigenvalue weighted by molar-refractivity contribution is 5.94. The SMILES string of the molecule is C[C@@H]1C(=O)O[C@H]2[C@H](O)[C@@]34[C@@H]5OC(=O)[C@]3(O[C@@H]3OC(=O)[C@H](O)[C@@]34[C@H](C(C)(C)C)[C@H]5O)[C@@]12O. The fourth-order valence-electron chi connectivity index (χ4n) is 8.27. The van der Waals surface area contributed by atoms with Gasteiger partial charge in [0.2, 0.25) is 11.9 Å². The molecule has 0 aromatic rings. The van der Waals surface area contributed by atoms with E-state index in [0.29, 0.717) is 0 Å². The third kappa shape index (κ3) is 1.43. The fraction of sp³-hybridized carbons (Fsp3) is 0.850. The van der Waals surface area contributed by atoms with E-state index < -0.39 is 94.0 Å². The van der Waals surface area contributed by atoms with Crippen LogP contribution in [0.1, 0.15) is 27.7 Å². The molecule has 0 radical (unpaired) electrons. The van der Waals surface area contributed by atoms with Crippen LogP contribution in [0.25, 0.3) is 0 Å². The van der Waals surface area contributed by atoms with Gasteiger partial charge in [-0.1, -0.05) is 20.8 Å². The fourth-order valence-corrected chi connectivity index (χ4v) is 8.27. The first-order valence-corrected chi connectivity index (χ1v) is 10.3. The van der Waals surface area contributed by atoms with Gasteiger partial charge >= 0.3 is 17.9 Å². The molecule has 0 unspecified atom stereocenters. The summed E-state index contributed by atoms with van der Waals surface area (Å²) in [6.07, 6.45) is -9.69. The van der Waals surface area contributed by atoms with Crippen LogP contribution in [-0.4, -0.2) is 86.3 Å². The highest BCUT2D eigenvalue weighted by atomic mass is 16.8. The van der Waals surface area contributed by atoms with Crippen molar-refractivity contribution in [3.63, 3.8) is 0 Å². The molecule has 6 fully saturated rings. The Bertz CT molecular complexity index is 957. The molecular weight excluding hydrogens is 416 g/mol. The van der Waals surface area contributed by atoms with Crippen LogP contribution in [0.4, 0.5) is 0 Å². The van der Waals surface area contributed by atoms with Gasteiger partial charge in [-0.25, -0.2) is 9.59 Å². The van der Waals surface area contributed by atoms with Crippen LogP contribution in [0.15, 0.2) is 0 Å². The molecule has 0 aromatic carbocycles.